The highest BCUT2D eigenvalue weighted by Gasteiger charge is 2.22. The van der Waals surface area contributed by atoms with Crippen LogP contribution >= 0.6 is 0 Å². The molecule has 2 aromatic heterocycles. The van der Waals surface area contributed by atoms with Crippen LogP contribution in [0.15, 0.2) is 35.3 Å². The lowest BCUT2D eigenvalue weighted by Gasteiger charge is -2.20. The molecule has 2 heterocycles. The van der Waals surface area contributed by atoms with Crippen molar-refractivity contribution < 1.29 is 0 Å². The number of aromatic nitrogens is 3. The molecule has 146 valence electrons. The van der Waals surface area contributed by atoms with E-state index in [1.807, 2.05) is 28.6 Å². The first-order valence-corrected chi connectivity index (χ1v) is 10.6. The van der Waals surface area contributed by atoms with Gasteiger partial charge in [-0.3, -0.25) is 14.0 Å². The van der Waals surface area contributed by atoms with E-state index in [0.717, 1.165) is 54.5 Å². The van der Waals surface area contributed by atoms with Gasteiger partial charge in [-0.1, -0.05) is 25.0 Å². The molecule has 0 unspecified atom stereocenters. The van der Waals surface area contributed by atoms with Crippen LogP contribution in [-0.2, 0) is 26.4 Å². The summed E-state index contributed by atoms with van der Waals surface area (Å²) in [4.78, 5) is 13.5. The van der Waals surface area contributed by atoms with Gasteiger partial charge in [0.1, 0.15) is 5.65 Å². The standard InChI is InChI=1S/C23H28N4O/c1-26-22-21(15-25-26)19-11-4-5-12-20(19)23(28)27(22)18-10-6-7-16(13-18)14-24-17-8-2-3-9-17/h6-7,10,13,15,17,24H,2-5,8-9,11-12,14H2,1H3. The summed E-state index contributed by atoms with van der Waals surface area (Å²) in [6.45, 7) is 0.854. The third-order valence-corrected chi connectivity index (χ3v) is 6.49. The highest BCUT2D eigenvalue weighted by molar-refractivity contribution is 5.82. The maximum absolute atomic E-state index is 13.5. The predicted octanol–water partition coefficient (Wildman–Crippen LogP) is 3.64. The van der Waals surface area contributed by atoms with E-state index in [1.54, 1.807) is 0 Å². The van der Waals surface area contributed by atoms with Crippen molar-refractivity contribution in [2.24, 2.45) is 7.05 Å². The van der Waals surface area contributed by atoms with Crippen LogP contribution in [0.1, 0.15) is 55.2 Å². The van der Waals surface area contributed by atoms with Crippen molar-refractivity contribution in [1.82, 2.24) is 19.7 Å². The first-order valence-electron chi connectivity index (χ1n) is 10.6. The minimum Gasteiger partial charge on any atom is -0.310 e. The number of fused-ring (bicyclic) bond motifs is 3. The van der Waals surface area contributed by atoms with Crippen LogP contribution in [0.2, 0.25) is 0 Å². The molecule has 0 atom stereocenters. The number of hydrogen-bond donors (Lipinski definition) is 1. The van der Waals surface area contributed by atoms with E-state index in [1.165, 1.54) is 36.8 Å². The third-order valence-electron chi connectivity index (χ3n) is 6.49. The summed E-state index contributed by atoms with van der Waals surface area (Å²) in [5.74, 6) is 0. The van der Waals surface area contributed by atoms with Gasteiger partial charge >= 0.3 is 0 Å². The number of nitrogens with one attached hydrogen (secondary N) is 1. The molecule has 0 aliphatic heterocycles. The fourth-order valence-electron chi connectivity index (χ4n) is 5.02. The van der Waals surface area contributed by atoms with Gasteiger partial charge in [-0.15, -0.1) is 0 Å². The fourth-order valence-corrected chi connectivity index (χ4v) is 5.02. The SMILES string of the molecule is Cn1ncc2c3c(c(=O)n(-c4cccc(CNC5CCCC5)c4)c21)CCCC3. The quantitative estimate of drug-likeness (QED) is 0.756. The highest BCUT2D eigenvalue weighted by atomic mass is 16.1. The Hall–Kier alpha value is -2.40. The Bertz CT molecular complexity index is 1070. The van der Waals surface area contributed by atoms with Gasteiger partial charge in [0.25, 0.3) is 5.56 Å². The summed E-state index contributed by atoms with van der Waals surface area (Å²) in [6.07, 6.45) is 11.3. The summed E-state index contributed by atoms with van der Waals surface area (Å²) >= 11 is 0. The summed E-state index contributed by atoms with van der Waals surface area (Å²) in [5, 5.41) is 9.30. The number of pyridine rings is 1. The van der Waals surface area contributed by atoms with Crippen LogP contribution in [-0.4, -0.2) is 20.4 Å². The fraction of sp³-hybridized carbons (Fsp3) is 0.478. The molecule has 0 spiro atoms. The van der Waals surface area contributed by atoms with Crippen LogP contribution in [0.3, 0.4) is 0 Å². The average molecular weight is 377 g/mol. The number of benzene rings is 1. The van der Waals surface area contributed by atoms with Crippen molar-refractivity contribution >= 4 is 11.0 Å². The van der Waals surface area contributed by atoms with Crippen LogP contribution in [0, 0.1) is 0 Å². The second kappa shape index (κ2) is 7.21. The maximum atomic E-state index is 13.5. The zero-order valence-electron chi connectivity index (χ0n) is 16.6. The molecule has 1 aromatic carbocycles. The first-order chi connectivity index (χ1) is 13.7. The molecular weight excluding hydrogens is 348 g/mol. The Morgan fingerprint density at radius 2 is 1.89 bits per heavy atom. The molecule has 28 heavy (non-hydrogen) atoms. The molecule has 2 aliphatic carbocycles. The predicted molar refractivity (Wildman–Crippen MR) is 112 cm³/mol. The van der Waals surface area contributed by atoms with Gasteiger partial charge < -0.3 is 5.32 Å². The number of nitrogens with zero attached hydrogens (tertiary/aromatic N) is 3. The normalized spacial score (nSPS) is 17.3. The van der Waals surface area contributed by atoms with E-state index in [4.69, 9.17) is 0 Å². The molecule has 5 nitrogen and oxygen atoms in total. The van der Waals surface area contributed by atoms with E-state index in [9.17, 15) is 4.79 Å². The summed E-state index contributed by atoms with van der Waals surface area (Å²) in [6, 6.07) is 9.05. The summed E-state index contributed by atoms with van der Waals surface area (Å²) < 4.78 is 3.72. The third kappa shape index (κ3) is 2.98. The van der Waals surface area contributed by atoms with Gasteiger partial charge in [0.2, 0.25) is 0 Å². The van der Waals surface area contributed by atoms with Crippen LogP contribution < -0.4 is 10.9 Å². The minimum absolute atomic E-state index is 0.131. The zero-order valence-corrected chi connectivity index (χ0v) is 16.6. The Balaban J connectivity index is 1.59. The van der Waals surface area contributed by atoms with Crippen molar-refractivity contribution in [1.29, 1.82) is 0 Å². The van der Waals surface area contributed by atoms with E-state index < -0.39 is 0 Å². The Labute approximate surface area is 165 Å². The van der Waals surface area contributed by atoms with E-state index in [0.29, 0.717) is 6.04 Å². The molecule has 0 bridgehead atoms. The van der Waals surface area contributed by atoms with Crippen molar-refractivity contribution in [3.8, 4) is 5.69 Å². The lowest BCUT2D eigenvalue weighted by Crippen LogP contribution is -2.28. The minimum atomic E-state index is 0.131. The van der Waals surface area contributed by atoms with E-state index in [2.05, 4.69) is 28.6 Å². The lowest BCUT2D eigenvalue weighted by molar-refractivity contribution is 0.524. The molecule has 1 N–H and O–H groups in total. The van der Waals surface area contributed by atoms with Gasteiger partial charge in [-0.25, -0.2) is 0 Å². The summed E-state index contributed by atoms with van der Waals surface area (Å²) in [5.41, 5.74) is 5.41. The van der Waals surface area contributed by atoms with Gasteiger partial charge in [0, 0.05) is 30.6 Å². The van der Waals surface area contributed by atoms with E-state index in [-0.39, 0.29) is 5.56 Å². The van der Waals surface area contributed by atoms with E-state index >= 15 is 0 Å². The van der Waals surface area contributed by atoms with Crippen molar-refractivity contribution in [3.05, 3.63) is 57.5 Å². The first kappa shape index (κ1) is 17.7. The molecule has 1 saturated carbocycles. The average Bonchev–Trinajstić information content (AvgIpc) is 3.38. The Kier molecular flexibility index (Phi) is 4.55. The van der Waals surface area contributed by atoms with Crippen LogP contribution in [0.4, 0.5) is 0 Å². The van der Waals surface area contributed by atoms with Gasteiger partial charge in [-0.2, -0.15) is 5.10 Å². The smallest absolute Gasteiger partial charge is 0.260 e. The monoisotopic (exact) mass is 376 g/mol. The van der Waals surface area contributed by atoms with Crippen molar-refractivity contribution in [2.45, 2.75) is 64.0 Å². The second-order valence-electron chi connectivity index (χ2n) is 8.34. The van der Waals surface area contributed by atoms with Crippen molar-refractivity contribution in [3.63, 3.8) is 0 Å². The molecule has 0 saturated heterocycles. The molecule has 5 heteroatoms. The maximum Gasteiger partial charge on any atom is 0.260 e. The van der Waals surface area contributed by atoms with Gasteiger partial charge in [0.15, 0.2) is 0 Å². The van der Waals surface area contributed by atoms with Gasteiger partial charge in [0.05, 0.1) is 11.9 Å². The molecule has 3 aromatic rings. The number of aryl methyl sites for hydroxylation is 2. The largest absolute Gasteiger partial charge is 0.310 e. The lowest BCUT2D eigenvalue weighted by atomic mass is 9.91. The Morgan fingerprint density at radius 1 is 1.11 bits per heavy atom. The zero-order chi connectivity index (χ0) is 19.1. The van der Waals surface area contributed by atoms with Crippen molar-refractivity contribution in [2.75, 3.05) is 0 Å². The molecule has 1 fully saturated rings. The summed E-state index contributed by atoms with van der Waals surface area (Å²) in [7, 11) is 1.93. The number of hydrogen-bond acceptors (Lipinski definition) is 3. The Morgan fingerprint density at radius 3 is 2.71 bits per heavy atom. The van der Waals surface area contributed by atoms with Crippen LogP contribution in [0.5, 0.6) is 0 Å². The molecule has 0 radical (unpaired) electrons. The van der Waals surface area contributed by atoms with Gasteiger partial charge in [-0.05, 0) is 61.8 Å². The van der Waals surface area contributed by atoms with Crippen LogP contribution in [0.25, 0.3) is 16.7 Å². The molecule has 2 aliphatic rings. The second-order valence-corrected chi connectivity index (χ2v) is 8.34. The molecular formula is C23H28N4O. The molecule has 0 amide bonds. The highest BCUT2D eigenvalue weighted by Crippen LogP contribution is 2.28. The molecule has 5 rings (SSSR count). The number of rotatable bonds is 4. The topological polar surface area (TPSA) is 51.9 Å².